The van der Waals surface area contributed by atoms with Crippen LogP contribution in [-0.4, -0.2) is 11.8 Å². The summed E-state index contributed by atoms with van der Waals surface area (Å²) in [4.78, 5) is 27.3. The van der Waals surface area contributed by atoms with Crippen molar-refractivity contribution in [3.8, 4) is 0 Å². The summed E-state index contributed by atoms with van der Waals surface area (Å²) in [5, 5.41) is 3.55. The first-order chi connectivity index (χ1) is 14.0. The van der Waals surface area contributed by atoms with Crippen LogP contribution in [0.5, 0.6) is 0 Å². The van der Waals surface area contributed by atoms with Gasteiger partial charge in [-0.2, -0.15) is 0 Å². The van der Waals surface area contributed by atoms with E-state index < -0.39 is 17.6 Å². The molecule has 0 unspecified atom stereocenters. The number of anilines is 2. The number of halogens is 2. The fourth-order valence-corrected chi connectivity index (χ4v) is 3.41. The zero-order chi connectivity index (χ0) is 20.5. The van der Waals surface area contributed by atoms with Crippen LogP contribution in [0, 0.1) is 12.7 Å². The molecule has 0 saturated carbocycles. The molecule has 6 heteroatoms. The van der Waals surface area contributed by atoms with Crippen molar-refractivity contribution in [2.75, 3.05) is 10.2 Å². The Balaban J connectivity index is 1.86. The number of hydrogen-bond acceptors (Lipinski definition) is 3. The number of hydrogen-bond donors (Lipinski definition) is 1. The van der Waals surface area contributed by atoms with Crippen molar-refractivity contribution in [2.24, 2.45) is 0 Å². The smallest absolute Gasteiger partial charge is 0.282 e. The third-order valence-corrected chi connectivity index (χ3v) is 4.93. The first-order valence-corrected chi connectivity index (χ1v) is 9.31. The fraction of sp³-hybridized carbons (Fsp3) is 0.0435. The second-order valence-electron chi connectivity index (χ2n) is 6.60. The van der Waals surface area contributed by atoms with Crippen molar-refractivity contribution in [3.05, 3.63) is 100 Å². The third-order valence-electron chi connectivity index (χ3n) is 4.70. The molecular weight excluding hydrogens is 391 g/mol. The second kappa shape index (κ2) is 7.53. The van der Waals surface area contributed by atoms with Gasteiger partial charge < -0.3 is 5.32 Å². The van der Waals surface area contributed by atoms with Gasteiger partial charge in [0.05, 0.1) is 11.3 Å². The monoisotopic (exact) mass is 406 g/mol. The van der Waals surface area contributed by atoms with Gasteiger partial charge in [-0.25, -0.2) is 9.29 Å². The third kappa shape index (κ3) is 3.41. The number of rotatable bonds is 4. The molecule has 1 N–H and O–H groups in total. The molecule has 0 bridgehead atoms. The molecule has 1 heterocycles. The first kappa shape index (κ1) is 18.9. The molecule has 0 spiro atoms. The molecule has 3 aromatic carbocycles. The van der Waals surface area contributed by atoms with Crippen LogP contribution < -0.4 is 10.2 Å². The first-order valence-electron chi connectivity index (χ1n) is 8.93. The second-order valence-corrected chi connectivity index (χ2v) is 7.03. The highest BCUT2D eigenvalue weighted by Crippen LogP contribution is 2.35. The number of imide groups is 1. The average Bonchev–Trinajstić information content (AvgIpc) is 2.96. The molecule has 4 rings (SSSR count). The van der Waals surface area contributed by atoms with Crippen LogP contribution in [0.3, 0.4) is 0 Å². The van der Waals surface area contributed by atoms with Crippen molar-refractivity contribution in [2.45, 2.75) is 6.92 Å². The van der Waals surface area contributed by atoms with Crippen LogP contribution in [0.1, 0.15) is 11.1 Å². The van der Waals surface area contributed by atoms with Gasteiger partial charge in [0.15, 0.2) is 0 Å². The summed E-state index contributed by atoms with van der Waals surface area (Å²) in [6.07, 6.45) is 0. The lowest BCUT2D eigenvalue weighted by Crippen LogP contribution is -2.33. The van der Waals surface area contributed by atoms with E-state index >= 15 is 0 Å². The number of benzene rings is 3. The minimum Gasteiger partial charge on any atom is -0.350 e. The number of carbonyl (C=O) groups excluding carboxylic acids is 2. The predicted molar refractivity (Wildman–Crippen MR) is 112 cm³/mol. The Labute approximate surface area is 172 Å². The van der Waals surface area contributed by atoms with Crippen LogP contribution in [0.15, 0.2) is 78.5 Å². The molecule has 0 fully saturated rings. The van der Waals surface area contributed by atoms with Crippen molar-refractivity contribution in [3.63, 3.8) is 0 Å². The van der Waals surface area contributed by atoms with Gasteiger partial charge in [0.2, 0.25) is 0 Å². The molecule has 0 saturated heterocycles. The summed E-state index contributed by atoms with van der Waals surface area (Å²) in [5.74, 6) is -1.87. The predicted octanol–water partition coefficient (Wildman–Crippen LogP) is 5.18. The zero-order valence-corrected chi connectivity index (χ0v) is 16.2. The van der Waals surface area contributed by atoms with E-state index in [0.29, 0.717) is 16.3 Å². The molecule has 0 atom stereocenters. The van der Waals surface area contributed by atoms with E-state index in [-0.39, 0.29) is 17.0 Å². The number of nitrogens with zero attached hydrogens (tertiary/aromatic N) is 1. The number of aryl methyl sites for hydroxylation is 1. The maximum atomic E-state index is 14.4. The Kier molecular flexibility index (Phi) is 4.91. The summed E-state index contributed by atoms with van der Waals surface area (Å²) in [7, 11) is 0. The van der Waals surface area contributed by atoms with Crippen LogP contribution >= 0.6 is 11.6 Å². The van der Waals surface area contributed by atoms with E-state index in [1.54, 1.807) is 42.5 Å². The SMILES string of the molecule is Cc1ccc(Cl)cc1NC1=C(c2ccccc2)C(=O)N(c2ccccc2F)C1=O. The molecule has 0 aromatic heterocycles. The molecule has 1 aliphatic heterocycles. The molecule has 0 aliphatic carbocycles. The van der Waals surface area contributed by atoms with Crippen molar-refractivity contribution < 1.29 is 14.0 Å². The van der Waals surface area contributed by atoms with Gasteiger partial charge in [-0.1, -0.05) is 60.1 Å². The summed E-state index contributed by atoms with van der Waals surface area (Å²) in [5.41, 5.74) is 2.17. The molecule has 144 valence electrons. The lowest BCUT2D eigenvalue weighted by atomic mass is 10.0. The molecule has 4 nitrogen and oxygen atoms in total. The maximum absolute atomic E-state index is 14.4. The molecule has 0 radical (unpaired) electrons. The summed E-state index contributed by atoms with van der Waals surface area (Å²) in [6.45, 7) is 1.86. The number of carbonyl (C=O) groups is 2. The topological polar surface area (TPSA) is 49.4 Å². The minimum atomic E-state index is -0.651. The van der Waals surface area contributed by atoms with E-state index in [4.69, 9.17) is 11.6 Å². The highest BCUT2D eigenvalue weighted by Gasteiger charge is 2.41. The number of para-hydroxylation sites is 1. The van der Waals surface area contributed by atoms with Gasteiger partial charge in [-0.3, -0.25) is 9.59 Å². The van der Waals surface area contributed by atoms with E-state index in [0.717, 1.165) is 10.5 Å². The zero-order valence-electron chi connectivity index (χ0n) is 15.4. The van der Waals surface area contributed by atoms with Crippen LogP contribution in [0.2, 0.25) is 5.02 Å². The minimum absolute atomic E-state index is 0.0785. The molecule has 2 amide bonds. The van der Waals surface area contributed by atoms with Gasteiger partial charge in [-0.05, 0) is 42.3 Å². The van der Waals surface area contributed by atoms with Gasteiger partial charge in [-0.15, -0.1) is 0 Å². The van der Waals surface area contributed by atoms with E-state index in [1.807, 2.05) is 19.1 Å². The molecule has 3 aromatic rings. The Hall–Kier alpha value is -3.44. The molecular formula is C23H16ClFN2O2. The highest BCUT2D eigenvalue weighted by atomic mass is 35.5. The summed E-state index contributed by atoms with van der Waals surface area (Å²) >= 11 is 6.10. The molecule has 29 heavy (non-hydrogen) atoms. The van der Waals surface area contributed by atoms with Crippen LogP contribution in [-0.2, 0) is 9.59 Å². The highest BCUT2D eigenvalue weighted by molar-refractivity contribution is 6.46. The van der Waals surface area contributed by atoms with Crippen molar-refractivity contribution in [1.29, 1.82) is 0 Å². The quantitative estimate of drug-likeness (QED) is 0.607. The summed E-state index contributed by atoms with van der Waals surface area (Å²) < 4.78 is 14.4. The Bertz CT molecular complexity index is 1160. The maximum Gasteiger partial charge on any atom is 0.282 e. The standard InChI is InChI=1S/C23H16ClFN2O2/c1-14-11-12-16(24)13-18(14)26-21-20(15-7-3-2-4-8-15)22(28)27(23(21)29)19-10-6-5-9-17(19)25/h2-13,26H,1H3. The normalized spacial score (nSPS) is 14.0. The lowest BCUT2D eigenvalue weighted by Gasteiger charge is -2.16. The van der Waals surface area contributed by atoms with Gasteiger partial charge in [0.1, 0.15) is 11.5 Å². The van der Waals surface area contributed by atoms with Crippen molar-refractivity contribution in [1.82, 2.24) is 0 Å². The van der Waals surface area contributed by atoms with Gasteiger partial charge in [0, 0.05) is 10.7 Å². The average molecular weight is 407 g/mol. The van der Waals surface area contributed by atoms with E-state index in [2.05, 4.69) is 5.32 Å². The lowest BCUT2D eigenvalue weighted by molar-refractivity contribution is -0.120. The van der Waals surface area contributed by atoms with Crippen LogP contribution in [0.4, 0.5) is 15.8 Å². The van der Waals surface area contributed by atoms with E-state index in [9.17, 15) is 14.0 Å². The Morgan fingerprint density at radius 3 is 2.31 bits per heavy atom. The summed E-state index contributed by atoms with van der Waals surface area (Å²) in [6, 6.07) is 19.7. The Morgan fingerprint density at radius 1 is 0.897 bits per heavy atom. The van der Waals surface area contributed by atoms with Gasteiger partial charge in [0.25, 0.3) is 11.8 Å². The van der Waals surface area contributed by atoms with Crippen molar-refractivity contribution >= 4 is 40.4 Å². The Morgan fingerprint density at radius 2 is 1.59 bits per heavy atom. The molecule has 1 aliphatic rings. The number of amides is 2. The largest absolute Gasteiger partial charge is 0.350 e. The van der Waals surface area contributed by atoms with Gasteiger partial charge >= 0.3 is 0 Å². The van der Waals surface area contributed by atoms with Crippen LogP contribution in [0.25, 0.3) is 5.57 Å². The number of nitrogens with one attached hydrogen (secondary N) is 1. The fourth-order valence-electron chi connectivity index (χ4n) is 3.23. The van der Waals surface area contributed by atoms with E-state index in [1.165, 1.54) is 18.2 Å².